The third-order valence-corrected chi connectivity index (χ3v) is 3.28. The van der Waals surface area contributed by atoms with E-state index in [1.807, 2.05) is 0 Å². The van der Waals surface area contributed by atoms with Gasteiger partial charge in [0.05, 0.1) is 4.47 Å². The summed E-state index contributed by atoms with van der Waals surface area (Å²) < 4.78 is 0.605. The lowest BCUT2D eigenvalue weighted by atomic mass is 10.2. The van der Waals surface area contributed by atoms with Crippen molar-refractivity contribution in [1.82, 2.24) is 4.90 Å². The number of carbonyl (C=O) groups is 1. The van der Waals surface area contributed by atoms with Gasteiger partial charge in [-0.1, -0.05) is 0 Å². The largest absolute Gasteiger partial charge is 0.507 e. The van der Waals surface area contributed by atoms with Crippen LogP contribution in [0, 0.1) is 0 Å². The van der Waals surface area contributed by atoms with Gasteiger partial charge >= 0.3 is 0 Å². The van der Waals surface area contributed by atoms with Crippen LogP contribution < -0.4 is 0 Å². The standard InChI is InChI=1S/C11H12BrNO2/c1-13(8-3-4-8)11(15)7-2-5-9(12)10(14)6-7/h2,5-6,8,14H,3-4H2,1H3. The second-order valence-electron chi connectivity index (χ2n) is 3.81. The minimum Gasteiger partial charge on any atom is -0.507 e. The van der Waals surface area contributed by atoms with Crippen molar-refractivity contribution in [2.75, 3.05) is 7.05 Å². The fraction of sp³-hybridized carbons (Fsp3) is 0.364. The SMILES string of the molecule is CN(C(=O)c1ccc(Br)c(O)c1)C1CC1. The number of nitrogens with zero attached hydrogens (tertiary/aromatic N) is 1. The Balaban J connectivity index is 2.21. The van der Waals surface area contributed by atoms with Crippen LogP contribution in [0.3, 0.4) is 0 Å². The highest BCUT2D eigenvalue weighted by atomic mass is 79.9. The smallest absolute Gasteiger partial charge is 0.253 e. The van der Waals surface area contributed by atoms with Crippen LogP contribution in [0.1, 0.15) is 23.2 Å². The predicted octanol–water partition coefficient (Wildman–Crippen LogP) is 2.39. The summed E-state index contributed by atoms with van der Waals surface area (Å²) in [5.41, 5.74) is 0.532. The van der Waals surface area contributed by atoms with Crippen molar-refractivity contribution in [1.29, 1.82) is 0 Å². The van der Waals surface area contributed by atoms with Gasteiger partial charge in [-0.15, -0.1) is 0 Å². The number of rotatable bonds is 2. The highest BCUT2D eigenvalue weighted by Crippen LogP contribution is 2.29. The fourth-order valence-electron chi connectivity index (χ4n) is 1.48. The zero-order valence-electron chi connectivity index (χ0n) is 8.40. The molecule has 1 aliphatic rings. The highest BCUT2D eigenvalue weighted by molar-refractivity contribution is 9.10. The van der Waals surface area contributed by atoms with Gasteiger partial charge in [0.15, 0.2) is 0 Å². The van der Waals surface area contributed by atoms with Crippen LogP contribution in [0.25, 0.3) is 0 Å². The molecule has 1 saturated carbocycles. The molecule has 0 saturated heterocycles. The van der Waals surface area contributed by atoms with E-state index in [1.54, 1.807) is 24.1 Å². The van der Waals surface area contributed by atoms with Gasteiger partial charge in [0, 0.05) is 18.7 Å². The molecule has 0 aliphatic heterocycles. The number of phenolic OH excluding ortho intramolecular Hbond substituents is 1. The molecule has 0 spiro atoms. The van der Waals surface area contributed by atoms with Crippen LogP contribution in [-0.2, 0) is 0 Å². The fourth-order valence-corrected chi connectivity index (χ4v) is 1.72. The van der Waals surface area contributed by atoms with Gasteiger partial charge in [-0.3, -0.25) is 4.79 Å². The summed E-state index contributed by atoms with van der Waals surface area (Å²) in [6.07, 6.45) is 2.18. The summed E-state index contributed by atoms with van der Waals surface area (Å²) in [6, 6.07) is 5.28. The summed E-state index contributed by atoms with van der Waals surface area (Å²) in [5.74, 6) is 0.0744. The van der Waals surface area contributed by atoms with Gasteiger partial charge in [-0.05, 0) is 47.0 Å². The predicted molar refractivity (Wildman–Crippen MR) is 60.9 cm³/mol. The van der Waals surface area contributed by atoms with Crippen LogP contribution in [0.2, 0.25) is 0 Å². The van der Waals surface area contributed by atoms with E-state index in [9.17, 15) is 9.90 Å². The molecule has 1 fully saturated rings. The van der Waals surface area contributed by atoms with Crippen molar-refractivity contribution in [3.05, 3.63) is 28.2 Å². The van der Waals surface area contributed by atoms with Gasteiger partial charge in [0.2, 0.25) is 0 Å². The molecule has 0 heterocycles. The third kappa shape index (κ3) is 2.15. The molecule has 0 bridgehead atoms. The molecule has 15 heavy (non-hydrogen) atoms. The van der Waals surface area contributed by atoms with Crippen molar-refractivity contribution < 1.29 is 9.90 Å². The summed E-state index contributed by atoms with van der Waals surface area (Å²) >= 11 is 3.18. The highest BCUT2D eigenvalue weighted by Gasteiger charge is 2.30. The number of phenols is 1. The van der Waals surface area contributed by atoms with E-state index in [2.05, 4.69) is 15.9 Å². The van der Waals surface area contributed by atoms with Crippen LogP contribution in [0.5, 0.6) is 5.75 Å². The van der Waals surface area contributed by atoms with Crippen molar-refractivity contribution >= 4 is 21.8 Å². The van der Waals surface area contributed by atoms with E-state index < -0.39 is 0 Å². The second-order valence-corrected chi connectivity index (χ2v) is 4.67. The number of carbonyl (C=O) groups excluding carboxylic acids is 1. The quantitative estimate of drug-likeness (QED) is 0.896. The maximum absolute atomic E-state index is 11.9. The first-order chi connectivity index (χ1) is 7.09. The normalized spacial score (nSPS) is 15.1. The number of benzene rings is 1. The Hall–Kier alpha value is -1.03. The van der Waals surface area contributed by atoms with E-state index >= 15 is 0 Å². The topological polar surface area (TPSA) is 40.5 Å². The number of hydrogen-bond acceptors (Lipinski definition) is 2. The van der Waals surface area contributed by atoms with Crippen molar-refractivity contribution in [2.24, 2.45) is 0 Å². The van der Waals surface area contributed by atoms with Gasteiger partial charge in [0.25, 0.3) is 5.91 Å². The third-order valence-electron chi connectivity index (χ3n) is 2.61. The van der Waals surface area contributed by atoms with E-state index in [1.165, 1.54) is 6.07 Å². The van der Waals surface area contributed by atoms with Crippen molar-refractivity contribution in [2.45, 2.75) is 18.9 Å². The van der Waals surface area contributed by atoms with Gasteiger partial charge < -0.3 is 10.0 Å². The van der Waals surface area contributed by atoms with E-state index in [4.69, 9.17) is 0 Å². The average molecular weight is 270 g/mol. The van der Waals surface area contributed by atoms with Crippen LogP contribution in [0.15, 0.2) is 22.7 Å². The first-order valence-electron chi connectivity index (χ1n) is 4.85. The molecule has 1 amide bonds. The van der Waals surface area contributed by atoms with Gasteiger partial charge in [0.1, 0.15) is 5.75 Å². The summed E-state index contributed by atoms with van der Waals surface area (Å²) in [4.78, 5) is 13.6. The van der Waals surface area contributed by atoms with Crippen LogP contribution in [0.4, 0.5) is 0 Å². The zero-order valence-corrected chi connectivity index (χ0v) is 9.99. The molecule has 80 valence electrons. The Bertz CT molecular complexity index is 402. The lowest BCUT2D eigenvalue weighted by Crippen LogP contribution is -2.28. The lowest BCUT2D eigenvalue weighted by molar-refractivity contribution is 0.0784. The molecule has 3 nitrogen and oxygen atoms in total. The molecular weight excluding hydrogens is 258 g/mol. The zero-order chi connectivity index (χ0) is 11.0. The van der Waals surface area contributed by atoms with E-state index in [-0.39, 0.29) is 11.7 Å². The van der Waals surface area contributed by atoms with Gasteiger partial charge in [-0.2, -0.15) is 0 Å². The van der Waals surface area contributed by atoms with Crippen molar-refractivity contribution in [3.8, 4) is 5.75 Å². The molecule has 1 N–H and O–H groups in total. The Labute approximate surface area is 96.8 Å². The monoisotopic (exact) mass is 269 g/mol. The average Bonchev–Trinajstić information content (AvgIpc) is 3.03. The number of hydrogen-bond donors (Lipinski definition) is 1. The molecule has 1 aliphatic carbocycles. The molecule has 0 aromatic heterocycles. The maximum Gasteiger partial charge on any atom is 0.253 e. The Morgan fingerprint density at radius 2 is 2.20 bits per heavy atom. The van der Waals surface area contributed by atoms with E-state index in [0.29, 0.717) is 16.1 Å². The number of amides is 1. The molecule has 2 rings (SSSR count). The molecular formula is C11H12BrNO2. The Kier molecular flexibility index (Phi) is 2.69. The molecule has 0 radical (unpaired) electrons. The number of aromatic hydroxyl groups is 1. The lowest BCUT2D eigenvalue weighted by Gasteiger charge is -2.16. The van der Waals surface area contributed by atoms with Crippen LogP contribution >= 0.6 is 15.9 Å². The summed E-state index contributed by atoms with van der Waals surface area (Å²) in [6.45, 7) is 0. The van der Waals surface area contributed by atoms with E-state index in [0.717, 1.165) is 12.8 Å². The molecule has 4 heteroatoms. The first-order valence-corrected chi connectivity index (χ1v) is 5.64. The van der Waals surface area contributed by atoms with Gasteiger partial charge in [-0.25, -0.2) is 0 Å². The molecule has 0 unspecified atom stereocenters. The summed E-state index contributed by atoms with van der Waals surface area (Å²) in [7, 11) is 1.80. The second kappa shape index (κ2) is 3.85. The number of halogens is 1. The first kappa shape index (κ1) is 10.5. The molecule has 1 aromatic rings. The molecule has 1 aromatic carbocycles. The Morgan fingerprint density at radius 1 is 1.53 bits per heavy atom. The summed E-state index contributed by atoms with van der Waals surface area (Å²) in [5, 5.41) is 9.47. The minimum atomic E-state index is -0.0275. The minimum absolute atomic E-state index is 0.0275. The maximum atomic E-state index is 11.9. The van der Waals surface area contributed by atoms with Crippen LogP contribution in [-0.4, -0.2) is 29.0 Å². The Morgan fingerprint density at radius 3 is 2.73 bits per heavy atom. The van der Waals surface area contributed by atoms with Crippen molar-refractivity contribution in [3.63, 3.8) is 0 Å². The molecule has 0 atom stereocenters.